The van der Waals surface area contributed by atoms with E-state index >= 15 is 0 Å². The van der Waals surface area contributed by atoms with Crippen molar-refractivity contribution in [2.24, 2.45) is 11.8 Å². The average molecular weight is 360 g/mol. The highest BCUT2D eigenvalue weighted by Crippen LogP contribution is 2.55. The van der Waals surface area contributed by atoms with Crippen LogP contribution in [0.4, 0.5) is 0 Å². The lowest BCUT2D eigenvalue weighted by Gasteiger charge is -2.30. The molecule has 2 aromatic carbocycles. The molecule has 0 amide bonds. The van der Waals surface area contributed by atoms with Crippen molar-refractivity contribution in [1.82, 2.24) is 0 Å². The summed E-state index contributed by atoms with van der Waals surface area (Å²) in [7, 11) is -3.58. The SMILES string of the molecule is CC(C(=O)O)C(CP1(=O)Oc2ccccc2-c2ccccc21)C(=O)O. The van der Waals surface area contributed by atoms with Gasteiger partial charge in [0.05, 0.1) is 23.3 Å². The van der Waals surface area contributed by atoms with Gasteiger partial charge in [0, 0.05) is 5.56 Å². The Bertz CT molecular complexity index is 891. The minimum atomic E-state index is -3.58. The van der Waals surface area contributed by atoms with E-state index in [2.05, 4.69) is 0 Å². The Morgan fingerprint density at radius 2 is 1.60 bits per heavy atom. The number of para-hydroxylation sites is 1. The van der Waals surface area contributed by atoms with Gasteiger partial charge in [-0.3, -0.25) is 14.2 Å². The first-order valence-electron chi connectivity index (χ1n) is 7.77. The molecule has 0 fully saturated rings. The van der Waals surface area contributed by atoms with Gasteiger partial charge in [0.1, 0.15) is 5.75 Å². The number of carboxylic acid groups (broad SMARTS) is 2. The summed E-state index contributed by atoms with van der Waals surface area (Å²) in [5.41, 5.74) is 1.50. The van der Waals surface area contributed by atoms with Crippen molar-refractivity contribution in [3.63, 3.8) is 0 Å². The highest BCUT2D eigenvalue weighted by molar-refractivity contribution is 7.67. The van der Waals surface area contributed by atoms with E-state index in [1.807, 2.05) is 12.1 Å². The van der Waals surface area contributed by atoms with Gasteiger partial charge in [-0.25, -0.2) is 0 Å². The third-order valence-electron chi connectivity index (χ3n) is 4.44. The van der Waals surface area contributed by atoms with Crippen molar-refractivity contribution in [2.45, 2.75) is 6.92 Å². The van der Waals surface area contributed by atoms with Crippen LogP contribution in [0.3, 0.4) is 0 Å². The number of fused-ring (bicyclic) bond motifs is 3. The van der Waals surface area contributed by atoms with Gasteiger partial charge in [-0.15, -0.1) is 0 Å². The number of hydrogen-bond acceptors (Lipinski definition) is 4. The normalized spacial score (nSPS) is 20.5. The topological polar surface area (TPSA) is 101 Å². The molecule has 2 aromatic rings. The molecule has 0 bridgehead atoms. The zero-order valence-corrected chi connectivity index (χ0v) is 14.3. The molecule has 2 N–H and O–H groups in total. The molecule has 3 unspecified atom stereocenters. The second-order valence-corrected chi connectivity index (χ2v) is 8.41. The average Bonchev–Trinajstić information content (AvgIpc) is 2.59. The predicted octanol–water partition coefficient (Wildman–Crippen LogP) is 3.07. The van der Waals surface area contributed by atoms with Crippen LogP contribution in [0.2, 0.25) is 0 Å². The van der Waals surface area contributed by atoms with Crippen LogP contribution >= 0.6 is 7.37 Å². The first kappa shape index (κ1) is 17.2. The fraction of sp³-hybridized carbons (Fsp3) is 0.222. The summed E-state index contributed by atoms with van der Waals surface area (Å²) in [6, 6.07) is 14.1. The molecule has 0 saturated carbocycles. The highest BCUT2D eigenvalue weighted by Gasteiger charge is 2.42. The van der Waals surface area contributed by atoms with Gasteiger partial charge in [0.15, 0.2) is 0 Å². The molecule has 3 atom stereocenters. The smallest absolute Gasteiger partial charge is 0.307 e. The van der Waals surface area contributed by atoms with Crippen molar-refractivity contribution < 1.29 is 28.9 Å². The van der Waals surface area contributed by atoms with Crippen molar-refractivity contribution >= 4 is 24.6 Å². The van der Waals surface area contributed by atoms with E-state index < -0.39 is 31.1 Å². The van der Waals surface area contributed by atoms with E-state index in [0.717, 1.165) is 11.1 Å². The molecule has 1 aliphatic heterocycles. The molecule has 0 saturated heterocycles. The van der Waals surface area contributed by atoms with Crippen LogP contribution in [0.25, 0.3) is 11.1 Å². The Balaban J connectivity index is 2.09. The van der Waals surface area contributed by atoms with E-state index in [-0.39, 0.29) is 6.16 Å². The number of carbonyl (C=O) groups is 2. The number of benzene rings is 2. The molecule has 130 valence electrons. The summed E-state index contributed by atoms with van der Waals surface area (Å²) in [5, 5.41) is 19.0. The van der Waals surface area contributed by atoms with Crippen LogP contribution in [-0.2, 0) is 14.2 Å². The second-order valence-electron chi connectivity index (χ2n) is 6.03. The van der Waals surface area contributed by atoms with Gasteiger partial charge in [0.2, 0.25) is 0 Å². The van der Waals surface area contributed by atoms with Crippen LogP contribution < -0.4 is 9.83 Å². The lowest BCUT2D eigenvalue weighted by Crippen LogP contribution is -2.33. The Labute approximate surface area is 144 Å². The third-order valence-corrected chi connectivity index (χ3v) is 6.93. The van der Waals surface area contributed by atoms with E-state index in [1.165, 1.54) is 6.92 Å². The Morgan fingerprint density at radius 1 is 1.00 bits per heavy atom. The molecular weight excluding hydrogens is 343 g/mol. The first-order valence-corrected chi connectivity index (χ1v) is 9.58. The monoisotopic (exact) mass is 360 g/mol. The molecule has 25 heavy (non-hydrogen) atoms. The minimum absolute atomic E-state index is 0.374. The molecule has 0 spiro atoms. The predicted molar refractivity (Wildman–Crippen MR) is 92.5 cm³/mol. The Kier molecular flexibility index (Phi) is 4.39. The first-order chi connectivity index (χ1) is 11.8. The van der Waals surface area contributed by atoms with Gasteiger partial charge in [-0.05, 0) is 17.7 Å². The Hall–Kier alpha value is -2.59. The third kappa shape index (κ3) is 3.05. The number of hydrogen-bond donors (Lipinski definition) is 2. The standard InChI is InChI=1S/C18H17O6P/c1-11(17(19)20)14(18(21)22)10-25(23)16-9-5-3-7-13(16)12-6-2-4-8-15(12)24-25/h2-9,11,14H,10H2,1H3,(H,19,20)(H,21,22). The van der Waals surface area contributed by atoms with Gasteiger partial charge in [0.25, 0.3) is 7.37 Å². The largest absolute Gasteiger partial charge is 0.481 e. The summed E-state index contributed by atoms with van der Waals surface area (Å²) >= 11 is 0. The quantitative estimate of drug-likeness (QED) is 0.795. The summed E-state index contributed by atoms with van der Waals surface area (Å²) in [6.07, 6.45) is -0.374. The lowest BCUT2D eigenvalue weighted by molar-refractivity contribution is -0.152. The van der Waals surface area contributed by atoms with Gasteiger partial charge >= 0.3 is 11.9 Å². The molecule has 6 nitrogen and oxygen atoms in total. The summed E-state index contributed by atoms with van der Waals surface area (Å²) in [4.78, 5) is 22.8. The maximum atomic E-state index is 13.6. The van der Waals surface area contributed by atoms with Gasteiger partial charge in [-0.2, -0.15) is 0 Å². The van der Waals surface area contributed by atoms with E-state index in [0.29, 0.717) is 11.1 Å². The number of carboxylic acids is 2. The molecule has 7 heteroatoms. The lowest BCUT2D eigenvalue weighted by atomic mass is 9.96. The summed E-state index contributed by atoms with van der Waals surface area (Å²) in [6.45, 7) is 1.30. The molecule has 3 rings (SSSR count). The van der Waals surface area contributed by atoms with E-state index in [1.54, 1.807) is 36.4 Å². The van der Waals surface area contributed by atoms with Crippen LogP contribution in [0.1, 0.15) is 6.92 Å². The number of rotatable bonds is 5. The summed E-state index contributed by atoms with van der Waals surface area (Å²) < 4.78 is 19.3. The van der Waals surface area contributed by atoms with Gasteiger partial charge in [-0.1, -0.05) is 43.3 Å². The fourth-order valence-corrected chi connectivity index (χ4v) is 5.70. The van der Waals surface area contributed by atoms with Crippen LogP contribution in [0.15, 0.2) is 48.5 Å². The maximum Gasteiger partial charge on any atom is 0.307 e. The second kappa shape index (κ2) is 6.37. The van der Waals surface area contributed by atoms with Crippen LogP contribution in [0.5, 0.6) is 5.75 Å². The maximum absolute atomic E-state index is 13.6. The van der Waals surface area contributed by atoms with Crippen molar-refractivity contribution in [3.8, 4) is 16.9 Å². The van der Waals surface area contributed by atoms with Crippen molar-refractivity contribution in [2.75, 3.05) is 6.16 Å². The molecule has 0 aromatic heterocycles. The van der Waals surface area contributed by atoms with Crippen LogP contribution in [0, 0.1) is 11.8 Å². The molecule has 0 aliphatic carbocycles. The van der Waals surface area contributed by atoms with E-state index in [4.69, 9.17) is 4.52 Å². The van der Waals surface area contributed by atoms with E-state index in [9.17, 15) is 24.4 Å². The minimum Gasteiger partial charge on any atom is -0.481 e. The van der Waals surface area contributed by atoms with Crippen molar-refractivity contribution in [3.05, 3.63) is 48.5 Å². The number of aliphatic carboxylic acids is 2. The highest BCUT2D eigenvalue weighted by atomic mass is 31.2. The zero-order valence-electron chi connectivity index (χ0n) is 13.5. The van der Waals surface area contributed by atoms with Gasteiger partial charge < -0.3 is 14.7 Å². The zero-order chi connectivity index (χ0) is 18.2. The summed E-state index contributed by atoms with van der Waals surface area (Å²) in [5.74, 6) is -4.63. The molecule has 1 heterocycles. The van der Waals surface area contributed by atoms with Crippen LogP contribution in [-0.4, -0.2) is 28.3 Å². The molecular formula is C18H17O6P. The molecule has 0 radical (unpaired) electrons. The van der Waals surface area contributed by atoms with Crippen molar-refractivity contribution in [1.29, 1.82) is 0 Å². The molecule has 1 aliphatic rings. The fourth-order valence-electron chi connectivity index (χ4n) is 2.99. The Morgan fingerprint density at radius 3 is 2.24 bits per heavy atom.